The highest BCUT2D eigenvalue weighted by molar-refractivity contribution is 7.11. The highest BCUT2D eigenvalue weighted by atomic mass is 32.1. The summed E-state index contributed by atoms with van der Waals surface area (Å²) >= 11 is 1.36. The van der Waals surface area contributed by atoms with E-state index in [1.165, 1.54) is 17.1 Å². The molecule has 0 aliphatic rings. The van der Waals surface area contributed by atoms with Gasteiger partial charge in [-0.1, -0.05) is 6.07 Å². The van der Waals surface area contributed by atoms with Crippen molar-refractivity contribution in [3.8, 4) is 11.1 Å². The fourth-order valence-corrected chi connectivity index (χ4v) is 2.80. The molecule has 5 nitrogen and oxygen atoms in total. The van der Waals surface area contributed by atoms with Gasteiger partial charge in [0.05, 0.1) is 5.56 Å². The highest BCUT2D eigenvalue weighted by Crippen LogP contribution is 2.36. The van der Waals surface area contributed by atoms with Gasteiger partial charge in [0.1, 0.15) is 10.8 Å². The second-order valence-electron chi connectivity index (χ2n) is 4.67. The molecule has 0 bridgehead atoms. The van der Waals surface area contributed by atoms with E-state index in [1.807, 2.05) is 24.4 Å². The van der Waals surface area contributed by atoms with Crippen LogP contribution in [0.5, 0.6) is 0 Å². The maximum Gasteiger partial charge on any atom is 0.147 e. The Kier molecular flexibility index (Phi) is 3.79. The molecule has 3 aromatic rings. The Morgan fingerprint density at radius 2 is 2.05 bits per heavy atom. The number of nitrogens with one attached hydrogen (secondary N) is 1. The van der Waals surface area contributed by atoms with Gasteiger partial charge >= 0.3 is 0 Å². The zero-order valence-electron chi connectivity index (χ0n) is 11.6. The average Bonchev–Trinajstić information content (AvgIpc) is 2.88. The first-order valence-electron chi connectivity index (χ1n) is 6.54. The molecular weight excluding hydrogens is 282 g/mol. The number of pyridine rings is 2. The lowest BCUT2D eigenvalue weighted by Gasteiger charge is -2.08. The fourth-order valence-electron chi connectivity index (χ4n) is 2.07. The van der Waals surface area contributed by atoms with Crippen molar-refractivity contribution in [1.29, 1.82) is 0 Å². The molecule has 0 spiro atoms. The van der Waals surface area contributed by atoms with Gasteiger partial charge in [0, 0.05) is 36.9 Å². The summed E-state index contributed by atoms with van der Waals surface area (Å²) < 4.78 is 4.24. The number of nitrogens with zero attached hydrogens (tertiary/aromatic N) is 3. The molecule has 0 atom stereocenters. The van der Waals surface area contributed by atoms with Crippen LogP contribution in [0.3, 0.4) is 0 Å². The van der Waals surface area contributed by atoms with Crippen molar-refractivity contribution in [3.63, 3.8) is 0 Å². The van der Waals surface area contributed by atoms with E-state index in [-0.39, 0.29) is 0 Å². The molecule has 21 heavy (non-hydrogen) atoms. The zero-order chi connectivity index (χ0) is 14.7. The molecule has 3 heterocycles. The predicted molar refractivity (Wildman–Crippen MR) is 86.1 cm³/mol. The molecule has 0 aliphatic carbocycles. The monoisotopic (exact) mass is 297 g/mol. The van der Waals surface area contributed by atoms with E-state index in [2.05, 4.69) is 26.6 Å². The second-order valence-corrected chi connectivity index (χ2v) is 5.44. The van der Waals surface area contributed by atoms with E-state index in [9.17, 15) is 0 Å². The van der Waals surface area contributed by atoms with Crippen molar-refractivity contribution in [2.24, 2.45) is 0 Å². The minimum Gasteiger partial charge on any atom is -0.382 e. The van der Waals surface area contributed by atoms with E-state index in [0.717, 1.165) is 21.7 Å². The Hall–Kier alpha value is -2.47. The minimum atomic E-state index is 0.526. The standard InChI is InChI=1S/C15H15N5S/c1-10-4-6-18-8-12(10)9-19-15-13(14(16)20-21-15)11-3-2-5-17-7-11/h2-8,19H,9H2,1H3,(H2,16,20). The number of anilines is 2. The van der Waals surface area contributed by atoms with Crippen LogP contribution in [0.2, 0.25) is 0 Å². The summed E-state index contributed by atoms with van der Waals surface area (Å²) in [6.45, 7) is 2.76. The summed E-state index contributed by atoms with van der Waals surface area (Å²) in [7, 11) is 0. The molecule has 0 saturated heterocycles. The van der Waals surface area contributed by atoms with Gasteiger partial charge in [0.25, 0.3) is 0 Å². The molecule has 6 heteroatoms. The Labute approximate surface area is 127 Å². The minimum absolute atomic E-state index is 0.526. The van der Waals surface area contributed by atoms with E-state index in [1.54, 1.807) is 18.6 Å². The van der Waals surface area contributed by atoms with Gasteiger partial charge in [-0.25, -0.2) is 0 Å². The largest absolute Gasteiger partial charge is 0.382 e. The van der Waals surface area contributed by atoms with E-state index < -0.39 is 0 Å². The molecule has 3 aromatic heterocycles. The third-order valence-electron chi connectivity index (χ3n) is 3.26. The lowest BCUT2D eigenvalue weighted by atomic mass is 10.1. The molecule has 0 aliphatic heterocycles. The number of rotatable bonds is 4. The molecule has 0 aromatic carbocycles. The fraction of sp³-hybridized carbons (Fsp3) is 0.133. The average molecular weight is 297 g/mol. The van der Waals surface area contributed by atoms with Crippen LogP contribution in [0.4, 0.5) is 10.8 Å². The second kappa shape index (κ2) is 5.88. The lowest BCUT2D eigenvalue weighted by Crippen LogP contribution is -2.01. The first kappa shape index (κ1) is 13.5. The summed E-state index contributed by atoms with van der Waals surface area (Å²) in [5.74, 6) is 0.526. The topological polar surface area (TPSA) is 76.7 Å². The molecule has 0 amide bonds. The van der Waals surface area contributed by atoms with Crippen LogP contribution < -0.4 is 11.1 Å². The molecule has 0 fully saturated rings. The number of nitrogens with two attached hydrogens (primary N) is 1. The van der Waals surface area contributed by atoms with Gasteiger partial charge in [0.2, 0.25) is 0 Å². The normalized spacial score (nSPS) is 10.5. The number of hydrogen-bond acceptors (Lipinski definition) is 6. The van der Waals surface area contributed by atoms with Crippen LogP contribution in [0.15, 0.2) is 43.0 Å². The number of aromatic nitrogens is 3. The SMILES string of the molecule is Cc1ccncc1CNc1snc(N)c1-c1cccnc1. The van der Waals surface area contributed by atoms with Crippen molar-refractivity contribution in [2.45, 2.75) is 13.5 Å². The highest BCUT2D eigenvalue weighted by Gasteiger charge is 2.13. The summed E-state index contributed by atoms with van der Waals surface area (Å²) in [6.07, 6.45) is 7.20. The smallest absolute Gasteiger partial charge is 0.147 e. The predicted octanol–water partition coefficient (Wildman–Crippen LogP) is 3.10. The van der Waals surface area contributed by atoms with E-state index in [0.29, 0.717) is 12.4 Å². The quantitative estimate of drug-likeness (QED) is 0.774. The molecule has 0 unspecified atom stereocenters. The number of aryl methyl sites for hydroxylation is 1. The van der Waals surface area contributed by atoms with Gasteiger partial charge in [-0.2, -0.15) is 4.37 Å². The zero-order valence-corrected chi connectivity index (χ0v) is 12.4. The Morgan fingerprint density at radius 1 is 1.19 bits per heavy atom. The third kappa shape index (κ3) is 2.85. The molecule has 3 N–H and O–H groups in total. The van der Waals surface area contributed by atoms with Crippen molar-refractivity contribution >= 4 is 22.4 Å². The molecule has 0 radical (unpaired) electrons. The molecular formula is C15H15N5S. The Morgan fingerprint density at radius 3 is 2.81 bits per heavy atom. The Balaban J connectivity index is 1.86. The summed E-state index contributed by atoms with van der Waals surface area (Å²) in [6, 6.07) is 5.87. The van der Waals surface area contributed by atoms with Gasteiger partial charge in [-0.15, -0.1) is 0 Å². The van der Waals surface area contributed by atoms with Crippen molar-refractivity contribution < 1.29 is 0 Å². The van der Waals surface area contributed by atoms with Gasteiger partial charge in [0.15, 0.2) is 0 Å². The maximum absolute atomic E-state index is 5.99. The summed E-state index contributed by atoms with van der Waals surface area (Å²) in [5.41, 5.74) is 10.2. The summed E-state index contributed by atoms with van der Waals surface area (Å²) in [4.78, 5) is 8.30. The first-order valence-corrected chi connectivity index (χ1v) is 7.32. The van der Waals surface area contributed by atoms with Gasteiger partial charge < -0.3 is 11.1 Å². The maximum atomic E-state index is 5.99. The lowest BCUT2D eigenvalue weighted by molar-refractivity contribution is 1.09. The Bertz CT molecular complexity index is 739. The van der Waals surface area contributed by atoms with Crippen LogP contribution in [-0.2, 0) is 6.54 Å². The van der Waals surface area contributed by atoms with Crippen LogP contribution in [-0.4, -0.2) is 14.3 Å². The molecule has 0 saturated carbocycles. The summed E-state index contributed by atoms with van der Waals surface area (Å²) in [5, 5.41) is 4.35. The van der Waals surface area contributed by atoms with E-state index >= 15 is 0 Å². The van der Waals surface area contributed by atoms with E-state index in [4.69, 9.17) is 5.73 Å². The van der Waals surface area contributed by atoms with Crippen LogP contribution in [0, 0.1) is 6.92 Å². The first-order chi connectivity index (χ1) is 10.3. The van der Waals surface area contributed by atoms with Crippen LogP contribution >= 0.6 is 11.5 Å². The van der Waals surface area contributed by atoms with Crippen molar-refractivity contribution in [3.05, 3.63) is 54.1 Å². The number of hydrogen-bond donors (Lipinski definition) is 2. The van der Waals surface area contributed by atoms with Crippen LogP contribution in [0.25, 0.3) is 11.1 Å². The van der Waals surface area contributed by atoms with Gasteiger partial charge in [-0.05, 0) is 41.7 Å². The third-order valence-corrected chi connectivity index (χ3v) is 4.07. The van der Waals surface area contributed by atoms with Crippen molar-refractivity contribution in [2.75, 3.05) is 11.1 Å². The van der Waals surface area contributed by atoms with Crippen LogP contribution in [0.1, 0.15) is 11.1 Å². The van der Waals surface area contributed by atoms with Crippen molar-refractivity contribution in [1.82, 2.24) is 14.3 Å². The van der Waals surface area contributed by atoms with Gasteiger partial charge in [-0.3, -0.25) is 9.97 Å². The number of nitrogen functional groups attached to an aromatic ring is 1. The molecule has 3 rings (SSSR count). The molecule has 106 valence electrons.